The predicted octanol–water partition coefficient (Wildman–Crippen LogP) is 2.74. The van der Waals surface area contributed by atoms with Gasteiger partial charge in [-0.1, -0.05) is 13.8 Å². The zero-order valence-corrected chi connectivity index (χ0v) is 13.0. The van der Waals surface area contributed by atoms with Crippen molar-refractivity contribution in [2.45, 2.75) is 40.2 Å². The van der Waals surface area contributed by atoms with Gasteiger partial charge in [-0.3, -0.25) is 9.97 Å². The predicted molar refractivity (Wildman–Crippen MR) is 84.4 cm³/mol. The number of nitrogens with one attached hydrogen (secondary N) is 2. The molecule has 6 heteroatoms. The molecule has 6 nitrogen and oxygen atoms in total. The second-order valence-electron chi connectivity index (χ2n) is 5.18. The summed E-state index contributed by atoms with van der Waals surface area (Å²) < 4.78 is 0. The van der Waals surface area contributed by atoms with Gasteiger partial charge in [-0.05, 0) is 13.8 Å². The summed E-state index contributed by atoms with van der Waals surface area (Å²) in [4.78, 5) is 17.6. The number of anilines is 2. The first-order valence-electron chi connectivity index (χ1n) is 7.22. The Morgan fingerprint density at radius 3 is 2.33 bits per heavy atom. The number of nitrogens with zero attached hydrogens (tertiary/aromatic N) is 4. The van der Waals surface area contributed by atoms with Crippen LogP contribution < -0.4 is 10.6 Å². The number of aryl methyl sites for hydroxylation is 1. The fraction of sp³-hybridized carbons (Fsp3) is 0.467. The van der Waals surface area contributed by atoms with Gasteiger partial charge in [0.1, 0.15) is 17.5 Å². The molecule has 0 unspecified atom stereocenters. The van der Waals surface area contributed by atoms with Crippen molar-refractivity contribution in [2.24, 2.45) is 0 Å². The topological polar surface area (TPSA) is 75.6 Å². The van der Waals surface area contributed by atoms with Crippen molar-refractivity contribution in [3.8, 4) is 0 Å². The zero-order valence-electron chi connectivity index (χ0n) is 13.0. The summed E-state index contributed by atoms with van der Waals surface area (Å²) in [5, 5.41) is 6.51. The highest BCUT2D eigenvalue weighted by molar-refractivity contribution is 5.47. The maximum atomic E-state index is 4.54. The Kier molecular flexibility index (Phi) is 5.03. The molecule has 2 heterocycles. The van der Waals surface area contributed by atoms with Crippen LogP contribution in [0.4, 0.5) is 11.6 Å². The van der Waals surface area contributed by atoms with Crippen LogP contribution in [0.5, 0.6) is 0 Å². The van der Waals surface area contributed by atoms with Gasteiger partial charge < -0.3 is 10.6 Å². The molecule has 2 aromatic heterocycles. The molecule has 0 spiro atoms. The number of hydrogen-bond donors (Lipinski definition) is 2. The van der Waals surface area contributed by atoms with E-state index in [2.05, 4.69) is 44.4 Å². The van der Waals surface area contributed by atoms with Gasteiger partial charge in [0.25, 0.3) is 0 Å². The molecule has 0 aliphatic carbocycles. The Morgan fingerprint density at radius 2 is 1.76 bits per heavy atom. The molecule has 0 fully saturated rings. The normalized spacial score (nSPS) is 10.7. The average molecular weight is 286 g/mol. The maximum Gasteiger partial charge on any atom is 0.135 e. The fourth-order valence-electron chi connectivity index (χ4n) is 1.78. The van der Waals surface area contributed by atoms with E-state index < -0.39 is 0 Å². The molecule has 0 saturated carbocycles. The van der Waals surface area contributed by atoms with Gasteiger partial charge in [-0.25, -0.2) is 9.97 Å². The highest BCUT2D eigenvalue weighted by Gasteiger charge is 2.08. The van der Waals surface area contributed by atoms with Crippen LogP contribution in [-0.2, 0) is 6.54 Å². The Morgan fingerprint density at radius 1 is 1.05 bits per heavy atom. The molecule has 0 aliphatic heterocycles. The third kappa shape index (κ3) is 4.37. The molecule has 21 heavy (non-hydrogen) atoms. The first kappa shape index (κ1) is 15.2. The van der Waals surface area contributed by atoms with Crippen LogP contribution in [-0.4, -0.2) is 26.5 Å². The third-order valence-corrected chi connectivity index (χ3v) is 2.90. The van der Waals surface area contributed by atoms with E-state index in [-0.39, 0.29) is 5.92 Å². The van der Waals surface area contributed by atoms with Gasteiger partial charge in [0.05, 0.1) is 24.1 Å². The lowest BCUT2D eigenvalue weighted by Crippen LogP contribution is -2.09. The molecule has 0 bridgehead atoms. The van der Waals surface area contributed by atoms with E-state index in [9.17, 15) is 0 Å². The van der Waals surface area contributed by atoms with Crippen LogP contribution in [0.25, 0.3) is 0 Å². The van der Waals surface area contributed by atoms with E-state index in [1.54, 1.807) is 12.4 Å². The van der Waals surface area contributed by atoms with Crippen molar-refractivity contribution in [2.75, 3.05) is 17.2 Å². The summed E-state index contributed by atoms with van der Waals surface area (Å²) in [7, 11) is 0. The molecular weight excluding hydrogens is 264 g/mol. The standard InChI is InChI=1S/C15H22N6/c1-5-16-13-6-14(21-15(20-13)10(2)3)19-9-12-8-17-11(4)7-18-12/h6-8,10H,5,9H2,1-4H3,(H2,16,19,20,21). The van der Waals surface area contributed by atoms with E-state index in [0.717, 1.165) is 35.4 Å². The van der Waals surface area contributed by atoms with Crippen LogP contribution in [0.15, 0.2) is 18.5 Å². The van der Waals surface area contributed by atoms with Crippen LogP contribution in [0, 0.1) is 6.92 Å². The minimum Gasteiger partial charge on any atom is -0.370 e. The van der Waals surface area contributed by atoms with Crippen molar-refractivity contribution in [3.05, 3.63) is 35.7 Å². The van der Waals surface area contributed by atoms with Gasteiger partial charge >= 0.3 is 0 Å². The Balaban J connectivity index is 2.12. The monoisotopic (exact) mass is 286 g/mol. The van der Waals surface area contributed by atoms with Crippen LogP contribution >= 0.6 is 0 Å². The smallest absolute Gasteiger partial charge is 0.135 e. The summed E-state index contributed by atoms with van der Waals surface area (Å²) in [5.74, 6) is 2.75. The lowest BCUT2D eigenvalue weighted by atomic mass is 10.2. The van der Waals surface area contributed by atoms with Gasteiger partial charge in [-0.15, -0.1) is 0 Å². The Hall–Kier alpha value is -2.24. The third-order valence-electron chi connectivity index (χ3n) is 2.90. The van der Waals surface area contributed by atoms with Crippen molar-refractivity contribution < 1.29 is 0 Å². The largest absolute Gasteiger partial charge is 0.370 e. The second-order valence-corrected chi connectivity index (χ2v) is 5.18. The zero-order chi connectivity index (χ0) is 15.2. The maximum absolute atomic E-state index is 4.54. The minimum absolute atomic E-state index is 0.281. The highest BCUT2D eigenvalue weighted by Crippen LogP contribution is 2.17. The summed E-state index contributed by atoms with van der Waals surface area (Å²) >= 11 is 0. The van der Waals surface area contributed by atoms with E-state index in [1.807, 2.05) is 19.9 Å². The molecular formula is C15H22N6. The summed E-state index contributed by atoms with van der Waals surface area (Å²) in [6.45, 7) is 9.56. The van der Waals surface area contributed by atoms with E-state index >= 15 is 0 Å². The summed E-state index contributed by atoms with van der Waals surface area (Å²) in [6, 6.07) is 1.91. The molecule has 0 aliphatic rings. The minimum atomic E-state index is 0.281. The van der Waals surface area contributed by atoms with Gasteiger partial charge in [-0.2, -0.15) is 0 Å². The fourth-order valence-corrected chi connectivity index (χ4v) is 1.78. The quantitative estimate of drug-likeness (QED) is 0.850. The van der Waals surface area contributed by atoms with Crippen molar-refractivity contribution in [1.82, 2.24) is 19.9 Å². The van der Waals surface area contributed by atoms with E-state index in [0.29, 0.717) is 6.54 Å². The SMILES string of the molecule is CCNc1cc(NCc2cnc(C)cn2)nc(C(C)C)n1. The average Bonchev–Trinajstić information content (AvgIpc) is 2.47. The van der Waals surface area contributed by atoms with Gasteiger partial charge in [0.15, 0.2) is 0 Å². The van der Waals surface area contributed by atoms with Crippen molar-refractivity contribution >= 4 is 11.6 Å². The number of hydrogen-bond acceptors (Lipinski definition) is 6. The van der Waals surface area contributed by atoms with Crippen LogP contribution in [0.3, 0.4) is 0 Å². The lowest BCUT2D eigenvalue weighted by molar-refractivity contribution is 0.774. The summed E-state index contributed by atoms with van der Waals surface area (Å²) in [6.07, 6.45) is 3.54. The van der Waals surface area contributed by atoms with E-state index in [4.69, 9.17) is 0 Å². The molecule has 0 aromatic carbocycles. The van der Waals surface area contributed by atoms with Crippen molar-refractivity contribution in [1.29, 1.82) is 0 Å². The number of rotatable bonds is 6. The molecule has 0 atom stereocenters. The van der Waals surface area contributed by atoms with Gasteiger partial charge in [0, 0.05) is 24.7 Å². The number of aromatic nitrogens is 4. The molecule has 112 valence electrons. The van der Waals surface area contributed by atoms with Gasteiger partial charge in [0.2, 0.25) is 0 Å². The molecule has 2 N–H and O–H groups in total. The first-order chi connectivity index (χ1) is 10.1. The first-order valence-corrected chi connectivity index (χ1v) is 7.22. The van der Waals surface area contributed by atoms with Crippen molar-refractivity contribution in [3.63, 3.8) is 0 Å². The molecule has 2 aromatic rings. The second kappa shape index (κ2) is 6.97. The highest BCUT2D eigenvalue weighted by atomic mass is 15.1. The van der Waals surface area contributed by atoms with Crippen LogP contribution in [0.1, 0.15) is 43.9 Å². The lowest BCUT2D eigenvalue weighted by Gasteiger charge is -2.12. The molecule has 0 amide bonds. The van der Waals surface area contributed by atoms with E-state index in [1.165, 1.54) is 0 Å². The Labute approximate surface area is 125 Å². The summed E-state index contributed by atoms with van der Waals surface area (Å²) in [5.41, 5.74) is 1.80. The Bertz CT molecular complexity index is 579. The van der Waals surface area contributed by atoms with Crippen LogP contribution in [0.2, 0.25) is 0 Å². The molecule has 0 radical (unpaired) electrons. The molecule has 0 saturated heterocycles. The molecule has 2 rings (SSSR count).